The summed E-state index contributed by atoms with van der Waals surface area (Å²) in [5.74, 6) is 0.417. The fraction of sp³-hybridized carbons (Fsp3) is 0.364. The second kappa shape index (κ2) is 4.79. The summed E-state index contributed by atoms with van der Waals surface area (Å²) in [5, 5.41) is 0. The van der Waals surface area contributed by atoms with Gasteiger partial charge in [-0.25, -0.2) is 4.79 Å². The molecule has 0 spiro atoms. The molecule has 0 bridgehead atoms. The highest BCUT2D eigenvalue weighted by Gasteiger charge is 2.16. The van der Waals surface area contributed by atoms with Crippen LogP contribution in [0.5, 0.6) is 5.75 Å². The molecular weight excluding hydrogens is 196 g/mol. The number of hydrogen-bond donors (Lipinski definition) is 0. The van der Waals surface area contributed by atoms with Crippen LogP contribution in [0.3, 0.4) is 0 Å². The topological polar surface area (TPSA) is 44.8 Å². The standard InChI is InChI=1S/C11H14O4/c1-11(2,3)15-14-10(12)13-9-7-5-4-6-8-9/h4-8H,1-3H3. The first-order chi connectivity index (χ1) is 6.97. The second-order valence-electron chi connectivity index (χ2n) is 3.94. The SMILES string of the molecule is CC(C)(C)OOC(=O)Oc1ccccc1. The van der Waals surface area contributed by atoms with Crippen molar-refractivity contribution >= 4 is 6.16 Å². The Bertz CT molecular complexity index is 313. The van der Waals surface area contributed by atoms with E-state index in [1.165, 1.54) is 0 Å². The maximum atomic E-state index is 11.1. The molecule has 0 heterocycles. The summed E-state index contributed by atoms with van der Waals surface area (Å²) in [6.07, 6.45) is -0.879. The van der Waals surface area contributed by atoms with Crippen LogP contribution in [-0.4, -0.2) is 11.8 Å². The van der Waals surface area contributed by atoms with E-state index >= 15 is 0 Å². The van der Waals surface area contributed by atoms with Crippen molar-refractivity contribution in [2.24, 2.45) is 0 Å². The Morgan fingerprint density at radius 1 is 1.13 bits per heavy atom. The van der Waals surface area contributed by atoms with Crippen LogP contribution in [-0.2, 0) is 9.78 Å². The lowest BCUT2D eigenvalue weighted by Gasteiger charge is -2.15. The van der Waals surface area contributed by atoms with Crippen molar-refractivity contribution in [1.29, 1.82) is 0 Å². The average Bonchev–Trinajstić information content (AvgIpc) is 2.15. The predicted molar refractivity (Wildman–Crippen MR) is 54.4 cm³/mol. The maximum Gasteiger partial charge on any atom is 0.546 e. The number of rotatable bonds is 2. The molecule has 0 aliphatic rings. The van der Waals surface area contributed by atoms with Crippen LogP contribution in [0.25, 0.3) is 0 Å². The molecule has 1 rings (SSSR count). The molecule has 0 radical (unpaired) electrons. The molecular formula is C11H14O4. The number of para-hydroxylation sites is 1. The van der Waals surface area contributed by atoms with E-state index in [4.69, 9.17) is 9.62 Å². The molecule has 0 saturated heterocycles. The number of ether oxygens (including phenoxy) is 1. The molecule has 0 fully saturated rings. The predicted octanol–water partition coefficient (Wildman–Crippen LogP) is 2.93. The van der Waals surface area contributed by atoms with Crippen molar-refractivity contribution in [2.75, 3.05) is 0 Å². The molecule has 0 aromatic heterocycles. The molecule has 0 aliphatic heterocycles. The lowest BCUT2D eigenvalue weighted by Crippen LogP contribution is -2.23. The van der Waals surface area contributed by atoms with Crippen LogP contribution in [0.1, 0.15) is 20.8 Å². The molecule has 1 aromatic carbocycles. The Morgan fingerprint density at radius 3 is 2.27 bits per heavy atom. The fourth-order valence-corrected chi connectivity index (χ4v) is 0.761. The van der Waals surface area contributed by atoms with Crippen LogP contribution >= 0.6 is 0 Å². The quantitative estimate of drug-likeness (QED) is 0.326. The van der Waals surface area contributed by atoms with Gasteiger partial charge >= 0.3 is 6.16 Å². The van der Waals surface area contributed by atoms with E-state index in [1.807, 2.05) is 6.07 Å². The summed E-state index contributed by atoms with van der Waals surface area (Å²) < 4.78 is 4.82. The average molecular weight is 210 g/mol. The Balaban J connectivity index is 2.38. The molecule has 0 saturated carbocycles. The maximum absolute atomic E-state index is 11.1. The van der Waals surface area contributed by atoms with Crippen molar-refractivity contribution in [3.05, 3.63) is 30.3 Å². The van der Waals surface area contributed by atoms with E-state index in [0.29, 0.717) is 5.75 Å². The first-order valence-corrected chi connectivity index (χ1v) is 4.60. The van der Waals surface area contributed by atoms with Gasteiger partial charge in [0.15, 0.2) is 0 Å². The summed E-state index contributed by atoms with van der Waals surface area (Å²) in [6, 6.07) is 8.64. The van der Waals surface area contributed by atoms with Gasteiger partial charge in [0.1, 0.15) is 11.4 Å². The highest BCUT2D eigenvalue weighted by atomic mass is 17.2. The second-order valence-corrected chi connectivity index (χ2v) is 3.94. The number of hydrogen-bond acceptors (Lipinski definition) is 4. The molecule has 0 atom stereocenters. The minimum absolute atomic E-state index is 0.417. The van der Waals surface area contributed by atoms with Gasteiger partial charge in [0, 0.05) is 0 Å². The molecule has 0 unspecified atom stereocenters. The van der Waals surface area contributed by atoms with Crippen molar-refractivity contribution in [3.63, 3.8) is 0 Å². The van der Waals surface area contributed by atoms with Gasteiger partial charge in [0.05, 0.1) is 0 Å². The van der Waals surface area contributed by atoms with E-state index < -0.39 is 11.8 Å². The van der Waals surface area contributed by atoms with E-state index in [1.54, 1.807) is 45.0 Å². The molecule has 1 aromatic rings. The molecule has 0 amide bonds. The van der Waals surface area contributed by atoms with Gasteiger partial charge < -0.3 is 4.74 Å². The Hall–Kier alpha value is -1.55. The van der Waals surface area contributed by atoms with Crippen LogP contribution in [0.4, 0.5) is 4.79 Å². The van der Waals surface area contributed by atoms with Gasteiger partial charge in [-0.15, -0.1) is 0 Å². The van der Waals surface area contributed by atoms with Gasteiger partial charge in [-0.05, 0) is 32.9 Å². The summed E-state index contributed by atoms with van der Waals surface area (Å²) >= 11 is 0. The third kappa shape index (κ3) is 5.02. The highest BCUT2D eigenvalue weighted by molar-refractivity contribution is 5.62. The smallest absolute Gasteiger partial charge is 0.393 e. The normalized spacial score (nSPS) is 10.9. The Kier molecular flexibility index (Phi) is 3.68. The van der Waals surface area contributed by atoms with Crippen LogP contribution in [0, 0.1) is 0 Å². The Morgan fingerprint density at radius 2 is 1.73 bits per heavy atom. The Labute approximate surface area is 88.7 Å². The summed E-state index contributed by atoms with van der Waals surface area (Å²) in [4.78, 5) is 20.3. The van der Waals surface area contributed by atoms with Gasteiger partial charge in [-0.2, -0.15) is 4.89 Å². The van der Waals surface area contributed by atoms with E-state index in [2.05, 4.69) is 4.89 Å². The summed E-state index contributed by atoms with van der Waals surface area (Å²) in [5.41, 5.74) is -0.546. The largest absolute Gasteiger partial charge is 0.546 e. The minimum atomic E-state index is -0.879. The lowest BCUT2D eigenvalue weighted by molar-refractivity contribution is -0.307. The third-order valence-corrected chi connectivity index (χ3v) is 1.30. The minimum Gasteiger partial charge on any atom is -0.393 e. The lowest BCUT2D eigenvalue weighted by atomic mass is 10.2. The van der Waals surface area contributed by atoms with Gasteiger partial charge in [0.25, 0.3) is 0 Å². The number of carbonyl (C=O) groups excluding carboxylic acids is 1. The third-order valence-electron chi connectivity index (χ3n) is 1.30. The summed E-state index contributed by atoms with van der Waals surface area (Å²) in [7, 11) is 0. The number of benzene rings is 1. The first-order valence-electron chi connectivity index (χ1n) is 4.60. The molecule has 4 nitrogen and oxygen atoms in total. The first kappa shape index (κ1) is 11.5. The molecule has 0 N–H and O–H groups in total. The van der Waals surface area contributed by atoms with Gasteiger partial charge in [0.2, 0.25) is 0 Å². The zero-order valence-corrected chi connectivity index (χ0v) is 9.02. The fourth-order valence-electron chi connectivity index (χ4n) is 0.761. The van der Waals surface area contributed by atoms with Crippen molar-refractivity contribution in [3.8, 4) is 5.75 Å². The van der Waals surface area contributed by atoms with Gasteiger partial charge in [-0.3, -0.25) is 4.89 Å². The van der Waals surface area contributed by atoms with Crippen molar-refractivity contribution in [2.45, 2.75) is 26.4 Å². The van der Waals surface area contributed by atoms with Crippen LogP contribution in [0.2, 0.25) is 0 Å². The van der Waals surface area contributed by atoms with Crippen LogP contribution < -0.4 is 4.74 Å². The van der Waals surface area contributed by atoms with Gasteiger partial charge in [-0.1, -0.05) is 18.2 Å². The van der Waals surface area contributed by atoms with Crippen molar-refractivity contribution < 1.29 is 19.3 Å². The van der Waals surface area contributed by atoms with E-state index in [9.17, 15) is 4.79 Å². The monoisotopic (exact) mass is 210 g/mol. The zero-order valence-electron chi connectivity index (χ0n) is 9.02. The van der Waals surface area contributed by atoms with E-state index in [0.717, 1.165) is 0 Å². The van der Waals surface area contributed by atoms with E-state index in [-0.39, 0.29) is 0 Å². The molecule has 4 heteroatoms. The molecule has 0 aliphatic carbocycles. The molecule has 15 heavy (non-hydrogen) atoms. The summed E-state index contributed by atoms with van der Waals surface area (Å²) in [6.45, 7) is 5.30. The number of carbonyl (C=O) groups is 1. The zero-order chi connectivity index (χ0) is 11.3. The molecule has 82 valence electrons. The van der Waals surface area contributed by atoms with Crippen molar-refractivity contribution in [1.82, 2.24) is 0 Å². The van der Waals surface area contributed by atoms with Crippen LogP contribution in [0.15, 0.2) is 30.3 Å². The highest BCUT2D eigenvalue weighted by Crippen LogP contribution is 2.11.